The Bertz CT molecular complexity index is 1240. The Morgan fingerprint density at radius 3 is 1.89 bits per heavy atom. The van der Waals surface area contributed by atoms with Crippen LogP contribution in [0.1, 0.15) is 67.2 Å². The fourth-order valence-electron chi connectivity index (χ4n) is 4.79. The van der Waals surface area contributed by atoms with Crippen molar-refractivity contribution in [2.75, 3.05) is 5.75 Å². The number of para-hydroxylation sites is 1. The van der Waals surface area contributed by atoms with E-state index in [2.05, 4.69) is 72.7 Å². The average Bonchev–Trinajstić information content (AvgIpc) is 3.44. The lowest BCUT2D eigenvalue weighted by Gasteiger charge is -2.49. The molecule has 0 saturated heterocycles. The van der Waals surface area contributed by atoms with Crippen LogP contribution in [0.15, 0.2) is 40.3 Å². The molecule has 0 N–H and O–H groups in total. The largest absolute Gasteiger partial charge is 0.413 e. The molecule has 4 rings (SSSR count). The van der Waals surface area contributed by atoms with Gasteiger partial charge in [-0.1, -0.05) is 65.3 Å². The molecular weight excluding hydrogens is 547 g/mol. The van der Waals surface area contributed by atoms with Crippen molar-refractivity contribution < 1.29 is 17.3 Å². The van der Waals surface area contributed by atoms with Gasteiger partial charge in [-0.15, -0.1) is 11.3 Å². The number of rotatable bonds is 7. The molecule has 0 bridgehead atoms. The molecule has 9 heteroatoms. The van der Waals surface area contributed by atoms with Crippen molar-refractivity contribution in [3.63, 3.8) is 0 Å². The first kappa shape index (κ1) is 30.1. The zero-order chi connectivity index (χ0) is 28.4. The molecule has 1 aromatic carbocycles. The highest BCUT2D eigenvalue weighted by Gasteiger charge is 2.61. The molecule has 1 aromatic heterocycles. The van der Waals surface area contributed by atoms with E-state index in [0.717, 1.165) is 41.5 Å². The molecule has 2 aliphatic rings. The fraction of sp³-hybridized carbons (Fsp3) is 0.690. The molecular formula is C29H47NO4S2Si2. The van der Waals surface area contributed by atoms with Gasteiger partial charge < -0.3 is 8.85 Å². The van der Waals surface area contributed by atoms with Crippen LogP contribution in [0.2, 0.25) is 36.3 Å². The number of thiazole rings is 1. The van der Waals surface area contributed by atoms with Crippen LogP contribution < -0.4 is 0 Å². The SMILES string of the molecule is CC(C)(C)[Si](C)(C)OC1CC(=CCS(=O)(=O)c2nc3ccccc3s2)CC(O[Si](C)(C)C(C)(C)C)C12CC2. The van der Waals surface area contributed by atoms with E-state index in [0.29, 0.717) is 0 Å². The molecule has 1 spiro atoms. The monoisotopic (exact) mass is 593 g/mol. The first-order chi connectivity index (χ1) is 17.3. The summed E-state index contributed by atoms with van der Waals surface area (Å²) in [5, 5.41) is 0.215. The Labute approximate surface area is 236 Å². The van der Waals surface area contributed by atoms with Crippen LogP contribution >= 0.6 is 11.3 Å². The highest BCUT2D eigenvalue weighted by molar-refractivity contribution is 7.93. The van der Waals surface area contributed by atoms with Crippen molar-refractivity contribution in [3.05, 3.63) is 35.9 Å². The summed E-state index contributed by atoms with van der Waals surface area (Å²) >= 11 is 1.26. The molecule has 0 aliphatic heterocycles. The maximum atomic E-state index is 13.3. The highest BCUT2D eigenvalue weighted by Crippen LogP contribution is 2.61. The first-order valence-electron chi connectivity index (χ1n) is 13.9. The van der Waals surface area contributed by atoms with Gasteiger partial charge in [-0.25, -0.2) is 13.4 Å². The third-order valence-electron chi connectivity index (χ3n) is 9.62. The Balaban J connectivity index is 1.64. The Kier molecular flexibility index (Phi) is 7.85. The van der Waals surface area contributed by atoms with E-state index in [1.807, 2.05) is 30.3 Å². The summed E-state index contributed by atoms with van der Waals surface area (Å²) in [5.74, 6) is -0.0330. The van der Waals surface area contributed by atoms with Gasteiger partial charge in [0.1, 0.15) is 0 Å². The smallest absolute Gasteiger partial charge is 0.210 e. The third-order valence-corrected chi connectivity index (χ3v) is 21.7. The lowest BCUT2D eigenvalue weighted by Crippen LogP contribution is -2.54. The molecule has 1 heterocycles. The van der Waals surface area contributed by atoms with Crippen molar-refractivity contribution in [1.29, 1.82) is 0 Å². The summed E-state index contributed by atoms with van der Waals surface area (Å²) in [5.41, 5.74) is 1.94. The van der Waals surface area contributed by atoms with Crippen LogP contribution in [0.25, 0.3) is 10.2 Å². The number of nitrogens with zero attached hydrogens (tertiary/aromatic N) is 1. The van der Waals surface area contributed by atoms with Crippen LogP contribution in [-0.2, 0) is 18.7 Å². The second kappa shape index (κ2) is 9.91. The number of aromatic nitrogens is 1. The number of benzene rings is 1. The molecule has 0 radical (unpaired) electrons. The van der Waals surface area contributed by atoms with E-state index in [1.165, 1.54) is 11.3 Å². The minimum absolute atomic E-state index is 0.0330. The molecule has 2 aliphatic carbocycles. The number of hydrogen-bond donors (Lipinski definition) is 0. The van der Waals surface area contributed by atoms with E-state index >= 15 is 0 Å². The van der Waals surface area contributed by atoms with E-state index < -0.39 is 26.5 Å². The van der Waals surface area contributed by atoms with E-state index in [1.54, 1.807) is 0 Å². The second-order valence-corrected chi connectivity index (χ2v) is 27.2. The summed E-state index contributed by atoms with van der Waals surface area (Å²) in [7, 11) is -7.57. The minimum Gasteiger partial charge on any atom is -0.413 e. The van der Waals surface area contributed by atoms with Crippen LogP contribution in [-0.4, -0.2) is 48.0 Å². The van der Waals surface area contributed by atoms with Gasteiger partial charge in [-0.2, -0.15) is 0 Å². The summed E-state index contributed by atoms with van der Waals surface area (Å²) in [4.78, 5) is 4.43. The van der Waals surface area contributed by atoms with Crippen molar-refractivity contribution in [2.24, 2.45) is 5.41 Å². The Morgan fingerprint density at radius 2 is 1.45 bits per heavy atom. The summed E-state index contributed by atoms with van der Waals surface area (Å²) in [6, 6.07) is 7.60. The van der Waals surface area contributed by atoms with Crippen molar-refractivity contribution in [3.8, 4) is 0 Å². The molecule has 5 nitrogen and oxygen atoms in total. The minimum atomic E-state index is -3.52. The van der Waals surface area contributed by atoms with Crippen molar-refractivity contribution >= 4 is 48.0 Å². The van der Waals surface area contributed by atoms with Crippen molar-refractivity contribution in [1.82, 2.24) is 4.98 Å². The molecule has 2 saturated carbocycles. The van der Waals surface area contributed by atoms with Crippen molar-refractivity contribution in [2.45, 2.75) is 120 Å². The summed E-state index contributed by atoms with van der Waals surface area (Å²) < 4.78 is 42.0. The predicted octanol–water partition coefficient (Wildman–Crippen LogP) is 8.35. The van der Waals surface area contributed by atoms with E-state index in [4.69, 9.17) is 8.85 Å². The molecule has 212 valence electrons. The van der Waals surface area contributed by atoms with Gasteiger partial charge in [-0.05, 0) is 74.1 Å². The Morgan fingerprint density at radius 1 is 0.947 bits per heavy atom. The van der Waals surface area contributed by atoms with Gasteiger partial charge in [-0.3, -0.25) is 0 Å². The van der Waals surface area contributed by atoms with E-state index in [9.17, 15) is 8.42 Å². The quantitative estimate of drug-likeness (QED) is 0.238. The van der Waals surface area contributed by atoms with Gasteiger partial charge in [0, 0.05) is 5.41 Å². The molecule has 2 unspecified atom stereocenters. The van der Waals surface area contributed by atoms with E-state index in [-0.39, 0.29) is 37.8 Å². The zero-order valence-corrected chi connectivity index (χ0v) is 28.6. The highest BCUT2D eigenvalue weighted by atomic mass is 32.2. The Hall–Kier alpha value is -0.846. The molecule has 0 amide bonds. The van der Waals surface area contributed by atoms with Gasteiger partial charge >= 0.3 is 0 Å². The van der Waals surface area contributed by atoms with Crippen LogP contribution in [0, 0.1) is 5.41 Å². The zero-order valence-electron chi connectivity index (χ0n) is 25.0. The van der Waals surface area contributed by atoms with Crippen LogP contribution in [0.3, 0.4) is 0 Å². The maximum absolute atomic E-state index is 13.3. The molecule has 2 atom stereocenters. The lowest BCUT2D eigenvalue weighted by atomic mass is 9.78. The standard InChI is InChI=1S/C29H47NO4S2Si2/c1-27(2,3)37(7,8)33-24-19-21(20-25(29(24)16-17-29)34-38(9,10)28(4,5)6)15-18-36(31,32)26-30-22-13-11-12-14-23(22)35-26/h11-15,24-25H,16-20H2,1-10H3. The summed E-state index contributed by atoms with van der Waals surface area (Å²) in [6.07, 6.45) is 5.93. The van der Waals surface area contributed by atoms with Gasteiger partial charge in [0.25, 0.3) is 0 Å². The number of hydrogen-bond acceptors (Lipinski definition) is 6. The normalized spacial score (nSPS) is 22.7. The fourth-order valence-corrected chi connectivity index (χ4v) is 10.1. The third kappa shape index (κ3) is 5.93. The molecule has 2 fully saturated rings. The predicted molar refractivity (Wildman–Crippen MR) is 165 cm³/mol. The average molecular weight is 594 g/mol. The molecule has 2 aromatic rings. The first-order valence-corrected chi connectivity index (χ1v) is 22.2. The lowest BCUT2D eigenvalue weighted by molar-refractivity contribution is -0.00945. The number of fused-ring (bicyclic) bond motifs is 1. The van der Waals surface area contributed by atoms with Crippen LogP contribution in [0.5, 0.6) is 0 Å². The van der Waals surface area contributed by atoms with Gasteiger partial charge in [0.15, 0.2) is 16.6 Å². The topological polar surface area (TPSA) is 65.5 Å². The van der Waals surface area contributed by atoms with Crippen LogP contribution in [0.4, 0.5) is 0 Å². The second-order valence-electron chi connectivity index (χ2n) is 14.5. The van der Waals surface area contributed by atoms with Gasteiger partial charge in [0.05, 0.1) is 28.2 Å². The molecule has 38 heavy (non-hydrogen) atoms. The van der Waals surface area contributed by atoms with Gasteiger partial charge in [0.2, 0.25) is 14.2 Å². The summed E-state index contributed by atoms with van der Waals surface area (Å²) in [6.45, 7) is 23.0. The maximum Gasteiger partial charge on any atom is 0.210 e. The number of sulfone groups is 1.